The molecule has 0 radical (unpaired) electrons. The first-order valence-electron chi connectivity index (χ1n) is 5.13. The number of aliphatic hydroxyl groups excluding tert-OH is 1. The monoisotopic (exact) mass is 185 g/mol. The van der Waals surface area contributed by atoms with E-state index in [0.717, 1.165) is 18.9 Å². The normalized spacial score (nSPS) is 18.3. The first kappa shape index (κ1) is 10.5. The molecule has 13 heavy (non-hydrogen) atoms. The smallest absolute Gasteiger partial charge is 0.220 e. The van der Waals surface area contributed by atoms with Crippen LogP contribution in [0.15, 0.2) is 0 Å². The number of carbonyl (C=O) groups excluding carboxylic acids is 1. The van der Waals surface area contributed by atoms with Crippen LogP contribution in [0.3, 0.4) is 0 Å². The summed E-state index contributed by atoms with van der Waals surface area (Å²) in [4.78, 5) is 11.1. The van der Waals surface area contributed by atoms with Crippen LogP contribution in [0.25, 0.3) is 0 Å². The van der Waals surface area contributed by atoms with Crippen molar-refractivity contribution in [3.8, 4) is 0 Å². The average molecular weight is 185 g/mol. The summed E-state index contributed by atoms with van der Waals surface area (Å²) < 4.78 is 0. The highest BCUT2D eigenvalue weighted by molar-refractivity contribution is 5.75. The molecular formula is C10H19NO2. The Kier molecular flexibility index (Phi) is 4.22. The zero-order valence-electron chi connectivity index (χ0n) is 8.25. The zero-order valence-corrected chi connectivity index (χ0v) is 8.25. The van der Waals surface area contributed by atoms with Crippen LogP contribution in [0.1, 0.15) is 39.0 Å². The molecule has 0 bridgehead atoms. The van der Waals surface area contributed by atoms with Crippen molar-refractivity contribution in [2.75, 3.05) is 6.54 Å². The zero-order chi connectivity index (χ0) is 9.68. The Morgan fingerprint density at radius 2 is 2.31 bits per heavy atom. The standard InChI is InChI=1S/C10H19NO2/c1-8(12)2-5-10(13)11-7-6-9-3-4-9/h8-9,12H,2-7H2,1H3,(H,11,13). The van der Waals surface area contributed by atoms with Crippen LogP contribution in [0.4, 0.5) is 0 Å². The third kappa shape index (κ3) is 5.64. The Balaban J connectivity index is 1.90. The van der Waals surface area contributed by atoms with E-state index in [4.69, 9.17) is 5.11 Å². The molecule has 1 atom stereocenters. The van der Waals surface area contributed by atoms with Crippen molar-refractivity contribution in [3.05, 3.63) is 0 Å². The summed E-state index contributed by atoms with van der Waals surface area (Å²) in [6, 6.07) is 0. The molecule has 3 nitrogen and oxygen atoms in total. The Labute approximate surface area is 79.5 Å². The fourth-order valence-electron chi connectivity index (χ4n) is 1.25. The topological polar surface area (TPSA) is 49.3 Å². The number of hydrogen-bond donors (Lipinski definition) is 2. The molecule has 0 saturated heterocycles. The molecule has 1 unspecified atom stereocenters. The molecule has 0 aliphatic heterocycles. The Morgan fingerprint density at radius 3 is 2.85 bits per heavy atom. The second-order valence-electron chi connectivity index (χ2n) is 3.97. The third-order valence-corrected chi connectivity index (χ3v) is 2.36. The lowest BCUT2D eigenvalue weighted by Crippen LogP contribution is -2.25. The number of aliphatic hydroxyl groups is 1. The highest BCUT2D eigenvalue weighted by Gasteiger charge is 2.20. The van der Waals surface area contributed by atoms with Gasteiger partial charge >= 0.3 is 0 Å². The van der Waals surface area contributed by atoms with Crippen molar-refractivity contribution in [1.82, 2.24) is 5.32 Å². The van der Waals surface area contributed by atoms with E-state index < -0.39 is 0 Å². The van der Waals surface area contributed by atoms with E-state index in [9.17, 15) is 4.79 Å². The average Bonchev–Trinajstić information content (AvgIpc) is 2.84. The molecule has 1 fully saturated rings. The summed E-state index contributed by atoms with van der Waals surface area (Å²) in [7, 11) is 0. The van der Waals surface area contributed by atoms with Crippen LogP contribution in [-0.2, 0) is 4.79 Å². The van der Waals surface area contributed by atoms with Crippen LogP contribution in [0.2, 0.25) is 0 Å². The van der Waals surface area contributed by atoms with Gasteiger partial charge in [-0.1, -0.05) is 12.8 Å². The van der Waals surface area contributed by atoms with E-state index in [-0.39, 0.29) is 12.0 Å². The van der Waals surface area contributed by atoms with Crippen molar-refractivity contribution in [1.29, 1.82) is 0 Å². The molecule has 1 amide bonds. The molecule has 1 saturated carbocycles. The van der Waals surface area contributed by atoms with Gasteiger partial charge in [-0.2, -0.15) is 0 Å². The van der Waals surface area contributed by atoms with Crippen molar-refractivity contribution < 1.29 is 9.90 Å². The number of amides is 1. The quantitative estimate of drug-likeness (QED) is 0.650. The van der Waals surface area contributed by atoms with Crippen molar-refractivity contribution in [2.45, 2.75) is 45.1 Å². The molecule has 3 heteroatoms. The van der Waals surface area contributed by atoms with Crippen LogP contribution in [0, 0.1) is 5.92 Å². The van der Waals surface area contributed by atoms with Gasteiger partial charge in [0.15, 0.2) is 0 Å². The van der Waals surface area contributed by atoms with E-state index in [1.165, 1.54) is 12.8 Å². The molecule has 0 aromatic heterocycles. The summed E-state index contributed by atoms with van der Waals surface area (Å²) in [5.74, 6) is 0.943. The summed E-state index contributed by atoms with van der Waals surface area (Å²) in [5, 5.41) is 11.8. The van der Waals surface area contributed by atoms with Gasteiger partial charge in [0.05, 0.1) is 6.10 Å². The van der Waals surface area contributed by atoms with Gasteiger partial charge in [0.2, 0.25) is 5.91 Å². The van der Waals surface area contributed by atoms with Crippen LogP contribution >= 0.6 is 0 Å². The second-order valence-corrected chi connectivity index (χ2v) is 3.97. The van der Waals surface area contributed by atoms with Gasteiger partial charge in [-0.05, 0) is 25.7 Å². The van der Waals surface area contributed by atoms with Gasteiger partial charge in [-0.15, -0.1) is 0 Å². The maximum Gasteiger partial charge on any atom is 0.220 e. The molecule has 2 N–H and O–H groups in total. The first-order valence-corrected chi connectivity index (χ1v) is 5.13. The minimum atomic E-state index is -0.366. The molecule has 0 aromatic rings. The van der Waals surface area contributed by atoms with E-state index >= 15 is 0 Å². The second kappa shape index (κ2) is 5.22. The number of rotatable bonds is 6. The van der Waals surface area contributed by atoms with Gasteiger partial charge in [0.25, 0.3) is 0 Å². The van der Waals surface area contributed by atoms with Crippen LogP contribution < -0.4 is 5.32 Å². The van der Waals surface area contributed by atoms with Gasteiger partial charge in [-0.25, -0.2) is 0 Å². The summed E-state index contributed by atoms with van der Waals surface area (Å²) in [6.45, 7) is 2.51. The van der Waals surface area contributed by atoms with E-state index in [1.807, 2.05) is 0 Å². The lowest BCUT2D eigenvalue weighted by atomic mass is 10.2. The number of carbonyl (C=O) groups is 1. The molecule has 1 aliphatic rings. The first-order chi connectivity index (χ1) is 6.18. The predicted octanol–water partition coefficient (Wildman–Crippen LogP) is 1.06. The van der Waals surface area contributed by atoms with E-state index in [0.29, 0.717) is 12.8 Å². The summed E-state index contributed by atoms with van der Waals surface area (Å²) >= 11 is 0. The highest BCUT2D eigenvalue weighted by atomic mass is 16.3. The largest absolute Gasteiger partial charge is 0.393 e. The Hall–Kier alpha value is -0.570. The Bertz CT molecular complexity index is 164. The fourth-order valence-corrected chi connectivity index (χ4v) is 1.25. The van der Waals surface area contributed by atoms with Crippen LogP contribution in [0.5, 0.6) is 0 Å². The molecule has 1 aliphatic carbocycles. The maximum absolute atomic E-state index is 11.1. The molecule has 0 heterocycles. The molecule has 0 spiro atoms. The third-order valence-electron chi connectivity index (χ3n) is 2.36. The van der Waals surface area contributed by atoms with Gasteiger partial charge in [-0.3, -0.25) is 4.79 Å². The van der Waals surface area contributed by atoms with Gasteiger partial charge < -0.3 is 10.4 Å². The molecule has 76 valence electrons. The fraction of sp³-hybridized carbons (Fsp3) is 0.900. The van der Waals surface area contributed by atoms with Gasteiger partial charge in [0, 0.05) is 13.0 Å². The van der Waals surface area contributed by atoms with Crippen LogP contribution in [-0.4, -0.2) is 23.7 Å². The van der Waals surface area contributed by atoms with Crippen molar-refractivity contribution in [2.24, 2.45) is 5.92 Å². The summed E-state index contributed by atoms with van der Waals surface area (Å²) in [6.07, 6.45) is 4.44. The Morgan fingerprint density at radius 1 is 1.62 bits per heavy atom. The SMILES string of the molecule is CC(O)CCC(=O)NCCC1CC1. The molecule has 0 aromatic carbocycles. The molecular weight excluding hydrogens is 166 g/mol. The lowest BCUT2D eigenvalue weighted by Gasteiger charge is -2.05. The van der Waals surface area contributed by atoms with Crippen molar-refractivity contribution in [3.63, 3.8) is 0 Å². The van der Waals surface area contributed by atoms with Crippen molar-refractivity contribution >= 4 is 5.91 Å². The maximum atomic E-state index is 11.1. The van der Waals surface area contributed by atoms with E-state index in [1.54, 1.807) is 6.92 Å². The predicted molar refractivity (Wildman–Crippen MR) is 51.3 cm³/mol. The number of nitrogens with one attached hydrogen (secondary N) is 1. The summed E-state index contributed by atoms with van der Waals surface area (Å²) in [5.41, 5.74) is 0. The van der Waals surface area contributed by atoms with Gasteiger partial charge in [0.1, 0.15) is 0 Å². The lowest BCUT2D eigenvalue weighted by molar-refractivity contribution is -0.121. The highest BCUT2D eigenvalue weighted by Crippen LogP contribution is 2.31. The molecule has 1 rings (SSSR count). The van der Waals surface area contributed by atoms with E-state index in [2.05, 4.69) is 5.32 Å². The minimum Gasteiger partial charge on any atom is -0.393 e. The minimum absolute atomic E-state index is 0.0709. The number of hydrogen-bond acceptors (Lipinski definition) is 2.